The fraction of sp³-hybridized carbons (Fsp3) is 0.250. The van der Waals surface area contributed by atoms with E-state index in [0.717, 1.165) is 18.9 Å². The molecule has 1 fully saturated rings. The van der Waals surface area contributed by atoms with Gasteiger partial charge in [0.25, 0.3) is 5.69 Å². The van der Waals surface area contributed by atoms with Crippen LogP contribution in [0.5, 0.6) is 0 Å². The first-order chi connectivity index (χ1) is 11.3. The molecule has 0 bridgehead atoms. The zero-order valence-corrected chi connectivity index (χ0v) is 13.6. The summed E-state index contributed by atoms with van der Waals surface area (Å²) < 4.78 is 22.7. The Labute approximate surface area is 139 Å². The maximum Gasteiger partial charge on any atom is 0.293 e. The molecule has 0 heterocycles. The summed E-state index contributed by atoms with van der Waals surface area (Å²) in [5, 5.41) is 19.4. The number of nitro benzene ring substituents is 1. The quantitative estimate of drug-likeness (QED) is 0.615. The molecule has 0 radical (unpaired) electrons. The maximum atomic E-state index is 11.4. The highest BCUT2D eigenvalue weighted by Crippen LogP contribution is 2.48. The third-order valence-electron chi connectivity index (χ3n) is 4.35. The summed E-state index contributed by atoms with van der Waals surface area (Å²) in [5.74, 6) is 0. The molecule has 0 unspecified atom stereocenters. The van der Waals surface area contributed by atoms with E-state index in [-0.39, 0.29) is 21.7 Å². The van der Waals surface area contributed by atoms with Crippen LogP contribution in [0, 0.1) is 10.1 Å². The number of sulfonamides is 1. The van der Waals surface area contributed by atoms with E-state index in [4.69, 9.17) is 5.14 Å². The Balaban J connectivity index is 1.84. The smallest absolute Gasteiger partial charge is 0.293 e. The lowest BCUT2D eigenvalue weighted by Gasteiger charge is -2.17. The van der Waals surface area contributed by atoms with Gasteiger partial charge in [0.05, 0.1) is 9.82 Å². The van der Waals surface area contributed by atoms with Crippen molar-refractivity contribution in [3.05, 3.63) is 64.2 Å². The molecule has 0 amide bonds. The molecule has 2 aromatic rings. The molecule has 1 aliphatic carbocycles. The van der Waals surface area contributed by atoms with Gasteiger partial charge in [-0.25, -0.2) is 13.6 Å². The molecule has 0 aromatic heterocycles. The first-order valence-electron chi connectivity index (χ1n) is 7.42. The van der Waals surface area contributed by atoms with E-state index in [9.17, 15) is 18.5 Å². The lowest BCUT2D eigenvalue weighted by Crippen LogP contribution is -2.20. The van der Waals surface area contributed by atoms with Gasteiger partial charge in [-0.3, -0.25) is 10.1 Å². The maximum absolute atomic E-state index is 11.4. The average molecular weight is 347 g/mol. The highest BCUT2D eigenvalue weighted by Gasteiger charge is 2.44. The minimum absolute atomic E-state index is 0.0201. The van der Waals surface area contributed by atoms with Gasteiger partial charge >= 0.3 is 0 Å². The van der Waals surface area contributed by atoms with Crippen LogP contribution in [0.25, 0.3) is 0 Å². The lowest BCUT2D eigenvalue weighted by atomic mass is 9.96. The summed E-state index contributed by atoms with van der Waals surface area (Å²) in [6.45, 7) is 0.548. The summed E-state index contributed by atoms with van der Waals surface area (Å²) in [4.78, 5) is 10.4. The van der Waals surface area contributed by atoms with Gasteiger partial charge in [0.2, 0.25) is 10.0 Å². The van der Waals surface area contributed by atoms with Crippen molar-refractivity contribution >= 4 is 21.4 Å². The van der Waals surface area contributed by atoms with Crippen LogP contribution in [0.2, 0.25) is 0 Å². The first-order valence-corrected chi connectivity index (χ1v) is 8.97. The number of nitrogens with one attached hydrogen (secondary N) is 1. The standard InChI is InChI=1S/C16H17N3O4S/c17-24(22,23)13-6-7-14(15(10-13)19(20)21)18-11-16(8-9-16)12-4-2-1-3-5-12/h1-7,10,18H,8-9,11H2,(H2,17,22,23). The number of anilines is 1. The highest BCUT2D eigenvalue weighted by atomic mass is 32.2. The molecule has 0 aliphatic heterocycles. The molecule has 3 rings (SSSR count). The molecular formula is C16H17N3O4S. The van der Waals surface area contributed by atoms with Gasteiger partial charge < -0.3 is 5.32 Å². The molecule has 0 atom stereocenters. The van der Waals surface area contributed by atoms with Crippen molar-refractivity contribution in [1.82, 2.24) is 0 Å². The SMILES string of the molecule is NS(=O)(=O)c1ccc(NCC2(c3ccccc3)CC2)c([N+](=O)[O-])c1. The second-order valence-corrected chi connectivity index (χ2v) is 7.54. The van der Waals surface area contributed by atoms with Gasteiger partial charge in [-0.15, -0.1) is 0 Å². The monoisotopic (exact) mass is 347 g/mol. The van der Waals surface area contributed by atoms with E-state index in [1.54, 1.807) is 0 Å². The summed E-state index contributed by atoms with van der Waals surface area (Å²) >= 11 is 0. The van der Waals surface area contributed by atoms with Gasteiger partial charge in [-0.05, 0) is 30.5 Å². The Kier molecular flexibility index (Phi) is 4.02. The molecule has 1 saturated carbocycles. The summed E-state index contributed by atoms with van der Waals surface area (Å²) in [6.07, 6.45) is 2.01. The first kappa shape index (κ1) is 16.4. The van der Waals surface area contributed by atoms with Crippen LogP contribution in [-0.4, -0.2) is 19.9 Å². The molecule has 0 saturated heterocycles. The van der Waals surface area contributed by atoms with Crippen molar-refractivity contribution in [2.75, 3.05) is 11.9 Å². The Morgan fingerprint density at radius 3 is 2.38 bits per heavy atom. The van der Waals surface area contributed by atoms with Gasteiger partial charge in [0.15, 0.2) is 0 Å². The van der Waals surface area contributed by atoms with Crippen LogP contribution in [0.1, 0.15) is 18.4 Å². The second kappa shape index (κ2) is 5.88. The fourth-order valence-electron chi connectivity index (χ4n) is 2.76. The zero-order valence-electron chi connectivity index (χ0n) is 12.8. The van der Waals surface area contributed by atoms with E-state index < -0.39 is 14.9 Å². The summed E-state index contributed by atoms with van der Waals surface area (Å²) in [6, 6.07) is 13.6. The minimum Gasteiger partial charge on any atom is -0.379 e. The molecule has 3 N–H and O–H groups in total. The van der Waals surface area contributed by atoms with E-state index in [1.807, 2.05) is 30.3 Å². The number of rotatable bonds is 6. The normalized spacial score (nSPS) is 15.7. The van der Waals surface area contributed by atoms with Crippen molar-refractivity contribution in [3.63, 3.8) is 0 Å². The largest absolute Gasteiger partial charge is 0.379 e. The van der Waals surface area contributed by atoms with Crippen molar-refractivity contribution in [2.24, 2.45) is 5.14 Å². The topological polar surface area (TPSA) is 115 Å². The average Bonchev–Trinajstić information content (AvgIpc) is 3.34. The van der Waals surface area contributed by atoms with Crippen LogP contribution in [0.15, 0.2) is 53.4 Å². The number of hydrogen-bond donors (Lipinski definition) is 2. The highest BCUT2D eigenvalue weighted by molar-refractivity contribution is 7.89. The Morgan fingerprint density at radius 1 is 1.17 bits per heavy atom. The van der Waals surface area contributed by atoms with Gasteiger partial charge in [0.1, 0.15) is 5.69 Å². The molecule has 8 heteroatoms. The Bertz CT molecular complexity index is 877. The number of nitrogens with two attached hydrogens (primary N) is 1. The number of nitro groups is 1. The summed E-state index contributed by atoms with van der Waals surface area (Å²) in [5.41, 5.74) is 1.16. The molecule has 24 heavy (non-hydrogen) atoms. The van der Waals surface area contributed by atoms with E-state index in [0.29, 0.717) is 6.54 Å². The molecule has 2 aromatic carbocycles. The van der Waals surface area contributed by atoms with Crippen LogP contribution in [-0.2, 0) is 15.4 Å². The predicted molar refractivity (Wildman–Crippen MR) is 90.3 cm³/mol. The molecule has 126 valence electrons. The van der Waals surface area contributed by atoms with Crippen LogP contribution < -0.4 is 10.5 Å². The molecule has 7 nitrogen and oxygen atoms in total. The second-order valence-electron chi connectivity index (χ2n) is 5.98. The predicted octanol–water partition coefficient (Wildman–Crippen LogP) is 2.39. The lowest BCUT2D eigenvalue weighted by molar-refractivity contribution is -0.384. The third kappa shape index (κ3) is 3.24. The molecular weight excluding hydrogens is 330 g/mol. The minimum atomic E-state index is -3.98. The summed E-state index contributed by atoms with van der Waals surface area (Å²) in [7, 11) is -3.98. The van der Waals surface area contributed by atoms with Crippen molar-refractivity contribution in [2.45, 2.75) is 23.2 Å². The van der Waals surface area contributed by atoms with Gasteiger partial charge in [-0.1, -0.05) is 30.3 Å². The fourth-order valence-corrected chi connectivity index (χ4v) is 3.30. The van der Waals surface area contributed by atoms with Crippen molar-refractivity contribution < 1.29 is 13.3 Å². The van der Waals surface area contributed by atoms with Crippen LogP contribution >= 0.6 is 0 Å². The van der Waals surface area contributed by atoms with Gasteiger partial charge in [-0.2, -0.15) is 0 Å². The molecule has 1 aliphatic rings. The molecule has 0 spiro atoms. The number of primary sulfonamides is 1. The number of nitrogens with zero attached hydrogens (tertiary/aromatic N) is 1. The van der Waals surface area contributed by atoms with Crippen molar-refractivity contribution in [3.8, 4) is 0 Å². The van der Waals surface area contributed by atoms with E-state index >= 15 is 0 Å². The Hall–Kier alpha value is -2.45. The number of hydrogen-bond acceptors (Lipinski definition) is 5. The Morgan fingerprint density at radius 2 is 1.83 bits per heavy atom. The van der Waals surface area contributed by atoms with E-state index in [1.165, 1.54) is 17.7 Å². The van der Waals surface area contributed by atoms with Gasteiger partial charge in [0, 0.05) is 18.0 Å². The van der Waals surface area contributed by atoms with Crippen LogP contribution in [0.3, 0.4) is 0 Å². The van der Waals surface area contributed by atoms with Crippen LogP contribution in [0.4, 0.5) is 11.4 Å². The van der Waals surface area contributed by atoms with E-state index in [2.05, 4.69) is 5.32 Å². The zero-order chi connectivity index (χ0) is 17.4. The van der Waals surface area contributed by atoms with Crippen molar-refractivity contribution in [1.29, 1.82) is 0 Å². The third-order valence-corrected chi connectivity index (χ3v) is 5.26. The number of benzene rings is 2.